The second-order valence-electron chi connectivity index (χ2n) is 8.08. The Hall–Kier alpha value is -3.19. The van der Waals surface area contributed by atoms with E-state index in [-0.39, 0.29) is 17.9 Å². The molecule has 0 spiro atoms. The van der Waals surface area contributed by atoms with E-state index in [2.05, 4.69) is 24.1 Å². The first-order chi connectivity index (χ1) is 15.6. The smallest absolute Gasteiger partial charge is 0.272 e. The van der Waals surface area contributed by atoms with Crippen LogP contribution in [-0.2, 0) is 0 Å². The van der Waals surface area contributed by atoms with Crippen LogP contribution in [0.4, 0.5) is 0 Å². The molecule has 0 radical (unpaired) electrons. The zero-order chi connectivity index (χ0) is 22.5. The van der Waals surface area contributed by atoms with Crippen molar-refractivity contribution in [3.05, 3.63) is 71.8 Å². The van der Waals surface area contributed by atoms with Crippen LogP contribution < -0.4 is 5.32 Å². The molecule has 0 unspecified atom stereocenters. The number of aromatic nitrogens is 2. The molecule has 3 aromatic rings. The average molecular weight is 434 g/mol. The Morgan fingerprint density at radius 1 is 1.09 bits per heavy atom. The number of likely N-dealkylation sites (tertiary alicyclic amines) is 1. The van der Waals surface area contributed by atoms with Crippen molar-refractivity contribution in [1.29, 1.82) is 0 Å². The third kappa shape index (κ3) is 4.39. The molecule has 0 aliphatic carbocycles. The van der Waals surface area contributed by atoms with Crippen LogP contribution in [0.1, 0.15) is 59.4 Å². The number of fused-ring (bicyclic) bond motifs is 1. The van der Waals surface area contributed by atoms with Gasteiger partial charge in [-0.15, -0.1) is 0 Å². The van der Waals surface area contributed by atoms with Crippen LogP contribution in [0, 0.1) is 0 Å². The molecule has 1 aliphatic rings. The average Bonchev–Trinajstić information content (AvgIpc) is 3.47. The molecule has 1 aliphatic heterocycles. The predicted octanol–water partition coefficient (Wildman–Crippen LogP) is 3.38. The number of likely N-dealkylation sites (N-methyl/N-ethyl adjacent to an activating group) is 1. The summed E-state index contributed by atoms with van der Waals surface area (Å²) in [5.74, 6) is 0.577. The third-order valence-electron chi connectivity index (χ3n) is 6.23. The van der Waals surface area contributed by atoms with Gasteiger partial charge in [0.25, 0.3) is 11.8 Å². The van der Waals surface area contributed by atoms with Gasteiger partial charge < -0.3 is 19.5 Å². The number of pyridine rings is 1. The van der Waals surface area contributed by atoms with Gasteiger partial charge in [0.15, 0.2) is 5.69 Å². The SMILES string of the molecule is CCN(CC)CCNC(=O)c1nc([C@@H]2CCCN2C(=O)c2ccccc2)n2ccccc12. The van der Waals surface area contributed by atoms with E-state index in [9.17, 15) is 9.59 Å². The van der Waals surface area contributed by atoms with Gasteiger partial charge >= 0.3 is 0 Å². The van der Waals surface area contributed by atoms with Gasteiger partial charge in [-0.25, -0.2) is 4.98 Å². The molecule has 32 heavy (non-hydrogen) atoms. The summed E-state index contributed by atoms with van der Waals surface area (Å²) in [6.07, 6.45) is 3.67. The number of hydrogen-bond acceptors (Lipinski definition) is 4. The minimum atomic E-state index is -0.175. The lowest BCUT2D eigenvalue weighted by atomic mass is 10.1. The van der Waals surface area contributed by atoms with Crippen LogP contribution in [0.3, 0.4) is 0 Å². The molecule has 0 bridgehead atoms. The number of benzene rings is 1. The lowest BCUT2D eigenvalue weighted by Crippen LogP contribution is -2.35. The van der Waals surface area contributed by atoms with Crippen molar-refractivity contribution in [3.63, 3.8) is 0 Å². The van der Waals surface area contributed by atoms with Gasteiger partial charge in [-0.2, -0.15) is 0 Å². The Morgan fingerprint density at radius 2 is 1.84 bits per heavy atom. The first kappa shape index (κ1) is 22.0. The Morgan fingerprint density at radius 3 is 2.59 bits per heavy atom. The van der Waals surface area contributed by atoms with Crippen molar-refractivity contribution in [2.45, 2.75) is 32.7 Å². The van der Waals surface area contributed by atoms with E-state index < -0.39 is 0 Å². The van der Waals surface area contributed by atoms with E-state index in [0.717, 1.165) is 43.8 Å². The summed E-state index contributed by atoms with van der Waals surface area (Å²) in [5.41, 5.74) is 1.86. The molecular weight excluding hydrogens is 402 g/mol. The second kappa shape index (κ2) is 9.96. The maximum atomic E-state index is 13.2. The van der Waals surface area contributed by atoms with E-state index in [1.165, 1.54) is 0 Å². The van der Waals surface area contributed by atoms with Gasteiger partial charge in [0.2, 0.25) is 0 Å². The molecule has 168 valence electrons. The fraction of sp³-hybridized carbons (Fsp3) is 0.400. The van der Waals surface area contributed by atoms with E-state index in [4.69, 9.17) is 4.98 Å². The van der Waals surface area contributed by atoms with Crippen molar-refractivity contribution in [2.75, 3.05) is 32.7 Å². The van der Waals surface area contributed by atoms with Crippen LogP contribution in [0.15, 0.2) is 54.7 Å². The summed E-state index contributed by atoms with van der Waals surface area (Å²) in [7, 11) is 0. The largest absolute Gasteiger partial charge is 0.349 e. The van der Waals surface area contributed by atoms with E-state index >= 15 is 0 Å². The molecule has 1 N–H and O–H groups in total. The number of carbonyl (C=O) groups is 2. The van der Waals surface area contributed by atoms with Crippen LogP contribution >= 0.6 is 0 Å². The van der Waals surface area contributed by atoms with E-state index in [0.29, 0.717) is 24.3 Å². The van der Waals surface area contributed by atoms with Gasteiger partial charge in [0, 0.05) is 31.4 Å². The van der Waals surface area contributed by atoms with E-state index in [1.54, 1.807) is 0 Å². The minimum Gasteiger partial charge on any atom is -0.349 e. The number of amides is 2. The second-order valence-corrected chi connectivity index (χ2v) is 8.08. The Bertz CT molecular complexity index is 1070. The van der Waals surface area contributed by atoms with Crippen LogP contribution in [-0.4, -0.2) is 63.7 Å². The van der Waals surface area contributed by atoms with Crippen LogP contribution in [0.5, 0.6) is 0 Å². The summed E-state index contributed by atoms with van der Waals surface area (Å²) in [4.78, 5) is 35.1. The molecule has 1 fully saturated rings. The van der Waals surface area contributed by atoms with Gasteiger partial charge in [-0.05, 0) is 50.2 Å². The first-order valence-electron chi connectivity index (χ1n) is 11.5. The molecule has 0 saturated carbocycles. The summed E-state index contributed by atoms with van der Waals surface area (Å²) in [5, 5.41) is 3.02. The summed E-state index contributed by atoms with van der Waals surface area (Å²) < 4.78 is 1.96. The van der Waals surface area contributed by atoms with Crippen LogP contribution in [0.2, 0.25) is 0 Å². The summed E-state index contributed by atoms with van der Waals surface area (Å²) >= 11 is 0. The molecule has 2 aromatic heterocycles. The fourth-order valence-corrected chi connectivity index (χ4v) is 4.44. The maximum Gasteiger partial charge on any atom is 0.272 e. The summed E-state index contributed by atoms with van der Waals surface area (Å²) in [6.45, 7) is 8.21. The van der Waals surface area contributed by atoms with Crippen molar-refractivity contribution in [1.82, 2.24) is 24.5 Å². The molecule has 7 nitrogen and oxygen atoms in total. The molecule has 1 atom stereocenters. The van der Waals surface area contributed by atoms with Crippen molar-refractivity contribution < 1.29 is 9.59 Å². The molecule has 7 heteroatoms. The monoisotopic (exact) mass is 433 g/mol. The molecular formula is C25H31N5O2. The Kier molecular flexibility index (Phi) is 6.85. The van der Waals surface area contributed by atoms with Crippen molar-refractivity contribution in [3.8, 4) is 0 Å². The maximum absolute atomic E-state index is 13.2. The number of nitrogens with zero attached hydrogens (tertiary/aromatic N) is 4. The Labute approximate surface area is 189 Å². The van der Waals surface area contributed by atoms with Crippen molar-refractivity contribution >= 4 is 17.3 Å². The molecule has 3 heterocycles. The number of carbonyl (C=O) groups excluding carboxylic acids is 2. The van der Waals surface area contributed by atoms with Gasteiger partial charge in [0.05, 0.1) is 11.6 Å². The lowest BCUT2D eigenvalue weighted by molar-refractivity contribution is 0.0729. The fourth-order valence-electron chi connectivity index (χ4n) is 4.44. The lowest BCUT2D eigenvalue weighted by Gasteiger charge is -2.24. The quantitative estimate of drug-likeness (QED) is 0.591. The topological polar surface area (TPSA) is 70.0 Å². The van der Waals surface area contributed by atoms with Gasteiger partial charge in [-0.3, -0.25) is 9.59 Å². The standard InChI is InChI=1S/C25H31N5O2/c1-3-28(4-2)18-15-26-24(31)22-20-13-8-9-16-29(20)23(27-22)21-14-10-17-30(21)25(32)19-11-6-5-7-12-19/h5-9,11-13,16,21H,3-4,10,14-15,17-18H2,1-2H3,(H,26,31)/t21-/m0/s1. The number of hydrogen-bond donors (Lipinski definition) is 1. The minimum absolute atomic E-state index is 0.00556. The van der Waals surface area contributed by atoms with E-state index in [1.807, 2.05) is 64.0 Å². The number of nitrogens with one attached hydrogen (secondary N) is 1. The zero-order valence-electron chi connectivity index (χ0n) is 18.8. The first-order valence-corrected chi connectivity index (χ1v) is 11.5. The Balaban J connectivity index is 1.59. The number of imidazole rings is 1. The molecule has 2 amide bonds. The molecule has 4 rings (SSSR count). The van der Waals surface area contributed by atoms with Crippen molar-refractivity contribution in [2.24, 2.45) is 0 Å². The highest BCUT2D eigenvalue weighted by atomic mass is 16.2. The van der Waals surface area contributed by atoms with Crippen LogP contribution in [0.25, 0.3) is 5.52 Å². The molecule has 1 aromatic carbocycles. The normalized spacial score (nSPS) is 16.1. The van der Waals surface area contributed by atoms with Gasteiger partial charge in [-0.1, -0.05) is 38.1 Å². The summed E-state index contributed by atoms with van der Waals surface area (Å²) in [6, 6.07) is 14.9. The zero-order valence-corrected chi connectivity index (χ0v) is 18.8. The highest BCUT2D eigenvalue weighted by Crippen LogP contribution is 2.33. The third-order valence-corrected chi connectivity index (χ3v) is 6.23. The highest BCUT2D eigenvalue weighted by Gasteiger charge is 2.34. The molecule has 1 saturated heterocycles. The van der Waals surface area contributed by atoms with Gasteiger partial charge in [0.1, 0.15) is 5.82 Å². The number of rotatable bonds is 8. The highest BCUT2D eigenvalue weighted by molar-refractivity contribution is 5.99. The predicted molar refractivity (Wildman–Crippen MR) is 125 cm³/mol.